The molecule has 2 aromatic rings. The minimum absolute atomic E-state index is 0.00987. The first-order valence-electron chi connectivity index (χ1n) is 11.3. The van der Waals surface area contributed by atoms with Crippen molar-refractivity contribution in [2.75, 3.05) is 6.61 Å². The van der Waals surface area contributed by atoms with Crippen LogP contribution in [0.4, 0.5) is 0 Å². The van der Waals surface area contributed by atoms with E-state index < -0.39 is 5.97 Å². The summed E-state index contributed by atoms with van der Waals surface area (Å²) in [6.07, 6.45) is 8.53. The second-order valence-electron chi connectivity index (χ2n) is 9.81. The van der Waals surface area contributed by atoms with Crippen LogP contribution in [0.25, 0.3) is 0 Å². The zero-order valence-corrected chi connectivity index (χ0v) is 21.2. The molecule has 0 radical (unpaired) electrons. The normalized spacial score (nSPS) is 16.5. The van der Waals surface area contributed by atoms with Gasteiger partial charge in [0.05, 0.1) is 0 Å². The molecule has 1 aromatic heterocycles. The van der Waals surface area contributed by atoms with Crippen LogP contribution in [0.15, 0.2) is 30.5 Å². The van der Waals surface area contributed by atoms with Crippen LogP contribution in [0.1, 0.15) is 94.6 Å². The molecule has 4 nitrogen and oxygen atoms in total. The molecule has 1 N–H and O–H groups in total. The zero-order chi connectivity index (χ0) is 22.6. The molecule has 1 heterocycles. The SMILES string of the molecule is CCCCCCOc1cc([Se]c2ccc(C(=O)O)cn2)cc2c1C(C)(C)CCC2(C)C. The number of carbonyl (C=O) groups is 1. The third-order valence-electron chi connectivity index (χ3n) is 6.32. The third kappa shape index (κ3) is 5.70. The summed E-state index contributed by atoms with van der Waals surface area (Å²) >= 11 is -0.00987. The van der Waals surface area contributed by atoms with Gasteiger partial charge in [-0.3, -0.25) is 0 Å². The Morgan fingerprint density at radius 3 is 2.48 bits per heavy atom. The molecule has 0 bridgehead atoms. The molecule has 0 fully saturated rings. The Bertz CT molecular complexity index is 919. The number of carboxylic acids is 1. The number of rotatable bonds is 9. The van der Waals surface area contributed by atoms with Gasteiger partial charge in [0.1, 0.15) is 0 Å². The monoisotopic (exact) mass is 489 g/mol. The number of ether oxygens (including phenoxy) is 1. The molecule has 0 unspecified atom stereocenters. The number of hydrogen-bond donors (Lipinski definition) is 1. The Morgan fingerprint density at radius 2 is 1.84 bits per heavy atom. The summed E-state index contributed by atoms with van der Waals surface area (Å²) in [4.78, 5) is 15.5. The maximum atomic E-state index is 11.1. The molecule has 0 saturated carbocycles. The number of hydrogen-bond acceptors (Lipinski definition) is 3. The van der Waals surface area contributed by atoms with Crippen molar-refractivity contribution in [3.05, 3.63) is 47.2 Å². The van der Waals surface area contributed by atoms with E-state index in [-0.39, 0.29) is 31.4 Å². The van der Waals surface area contributed by atoms with Gasteiger partial charge in [-0.25, -0.2) is 0 Å². The summed E-state index contributed by atoms with van der Waals surface area (Å²) in [6.45, 7) is 12.3. The van der Waals surface area contributed by atoms with E-state index in [9.17, 15) is 4.79 Å². The number of aromatic carboxylic acids is 1. The van der Waals surface area contributed by atoms with Crippen molar-refractivity contribution in [3.63, 3.8) is 0 Å². The van der Waals surface area contributed by atoms with Gasteiger partial charge < -0.3 is 0 Å². The number of carboxylic acid groups (broad SMARTS) is 1. The van der Waals surface area contributed by atoms with Crippen molar-refractivity contribution in [1.82, 2.24) is 4.98 Å². The van der Waals surface area contributed by atoms with E-state index in [0.29, 0.717) is 0 Å². The Balaban J connectivity index is 1.94. The van der Waals surface area contributed by atoms with Gasteiger partial charge in [-0.15, -0.1) is 0 Å². The van der Waals surface area contributed by atoms with E-state index in [1.54, 1.807) is 6.07 Å². The van der Waals surface area contributed by atoms with Gasteiger partial charge in [0.15, 0.2) is 0 Å². The van der Waals surface area contributed by atoms with E-state index in [1.807, 2.05) is 6.07 Å². The summed E-state index contributed by atoms with van der Waals surface area (Å²) < 4.78 is 8.58. The summed E-state index contributed by atoms with van der Waals surface area (Å²) in [5.41, 5.74) is 3.19. The maximum absolute atomic E-state index is 11.1. The summed E-state index contributed by atoms with van der Waals surface area (Å²) in [5, 5.41) is 9.13. The standard InChI is InChI=1S/C26H35NO3Se/c1-6-7-8-9-14-30-21-16-19(31-22-11-10-18(17-27-22)24(28)29)15-20-23(21)26(4,5)13-12-25(20,2)3/h10-11,15-17H,6-9,12-14H2,1-5H3,(H,28,29). The molecular weight excluding hydrogens is 453 g/mol. The van der Waals surface area contributed by atoms with Crippen molar-refractivity contribution >= 4 is 30.0 Å². The van der Waals surface area contributed by atoms with E-state index in [2.05, 4.69) is 51.7 Å². The summed E-state index contributed by atoms with van der Waals surface area (Å²) in [7, 11) is 0. The Morgan fingerprint density at radius 1 is 1.10 bits per heavy atom. The van der Waals surface area contributed by atoms with Crippen LogP contribution in [-0.4, -0.2) is 37.6 Å². The first-order chi connectivity index (χ1) is 14.6. The van der Waals surface area contributed by atoms with Crippen LogP contribution in [0.2, 0.25) is 0 Å². The van der Waals surface area contributed by atoms with Crippen molar-refractivity contribution in [2.24, 2.45) is 0 Å². The fourth-order valence-electron chi connectivity index (χ4n) is 4.28. The van der Waals surface area contributed by atoms with Gasteiger partial charge in [0.2, 0.25) is 0 Å². The number of aromatic nitrogens is 1. The minimum atomic E-state index is -0.942. The van der Waals surface area contributed by atoms with Gasteiger partial charge >= 0.3 is 193 Å². The molecule has 0 aliphatic heterocycles. The van der Waals surface area contributed by atoms with E-state index >= 15 is 0 Å². The molecule has 1 aliphatic rings. The molecule has 1 aliphatic carbocycles. The van der Waals surface area contributed by atoms with Crippen molar-refractivity contribution in [1.29, 1.82) is 0 Å². The van der Waals surface area contributed by atoms with Gasteiger partial charge in [-0.2, -0.15) is 0 Å². The second kappa shape index (κ2) is 9.75. The quantitative estimate of drug-likeness (QED) is 0.409. The summed E-state index contributed by atoms with van der Waals surface area (Å²) in [6, 6.07) is 8.05. The number of unbranched alkanes of at least 4 members (excludes halogenated alkanes) is 3. The Kier molecular flexibility index (Phi) is 7.49. The van der Waals surface area contributed by atoms with E-state index in [1.165, 1.54) is 41.0 Å². The van der Waals surface area contributed by atoms with Crippen molar-refractivity contribution < 1.29 is 14.6 Å². The van der Waals surface area contributed by atoms with Gasteiger partial charge in [0, 0.05) is 0 Å². The molecule has 0 saturated heterocycles. The van der Waals surface area contributed by atoms with Crippen LogP contribution >= 0.6 is 0 Å². The van der Waals surface area contributed by atoms with Crippen LogP contribution in [0, 0.1) is 0 Å². The predicted octanol–water partition coefficient (Wildman–Crippen LogP) is 4.74. The first-order valence-corrected chi connectivity index (χ1v) is 13.0. The molecule has 31 heavy (non-hydrogen) atoms. The molecule has 3 rings (SSSR count). The van der Waals surface area contributed by atoms with Gasteiger partial charge in [-0.05, 0) is 0 Å². The average molecular weight is 489 g/mol. The molecule has 5 heteroatoms. The number of benzene rings is 1. The molecule has 168 valence electrons. The zero-order valence-electron chi connectivity index (χ0n) is 19.5. The van der Waals surface area contributed by atoms with Crippen molar-refractivity contribution in [2.45, 2.75) is 84.0 Å². The molecular formula is C26H35NO3Se. The molecule has 0 amide bonds. The topological polar surface area (TPSA) is 59.4 Å². The van der Waals surface area contributed by atoms with Crippen molar-refractivity contribution in [3.8, 4) is 5.75 Å². The molecule has 0 atom stereocenters. The first kappa shape index (κ1) is 23.8. The van der Waals surface area contributed by atoms with E-state index in [0.717, 1.165) is 36.2 Å². The number of fused-ring (bicyclic) bond motifs is 1. The fourth-order valence-corrected chi connectivity index (χ4v) is 6.01. The fraction of sp³-hybridized carbons (Fsp3) is 0.538. The summed E-state index contributed by atoms with van der Waals surface area (Å²) in [5.74, 6) is 0.0916. The van der Waals surface area contributed by atoms with Crippen LogP contribution in [0.3, 0.4) is 0 Å². The number of pyridine rings is 1. The average Bonchev–Trinajstić information content (AvgIpc) is 2.71. The van der Waals surface area contributed by atoms with Crippen LogP contribution < -0.4 is 13.8 Å². The Labute approximate surface area is 193 Å². The molecule has 1 aromatic carbocycles. The van der Waals surface area contributed by atoms with Gasteiger partial charge in [-0.1, -0.05) is 0 Å². The number of nitrogens with zero attached hydrogens (tertiary/aromatic N) is 1. The van der Waals surface area contributed by atoms with Crippen LogP contribution in [0.5, 0.6) is 5.75 Å². The van der Waals surface area contributed by atoms with E-state index in [4.69, 9.17) is 9.84 Å². The second-order valence-corrected chi connectivity index (χ2v) is 12.1. The van der Waals surface area contributed by atoms with Crippen LogP contribution in [-0.2, 0) is 10.8 Å². The van der Waals surface area contributed by atoms with Gasteiger partial charge in [0.25, 0.3) is 0 Å². The molecule has 0 spiro atoms. The predicted molar refractivity (Wildman–Crippen MR) is 128 cm³/mol. The Hall–Kier alpha value is -1.84. The third-order valence-corrected chi connectivity index (χ3v) is 8.25.